The van der Waals surface area contributed by atoms with E-state index in [1.54, 1.807) is 6.07 Å². The second kappa shape index (κ2) is 6.00. The highest BCUT2D eigenvalue weighted by Crippen LogP contribution is 2.25. The van der Waals surface area contributed by atoms with Crippen molar-refractivity contribution in [2.45, 2.75) is 25.4 Å². The number of aliphatic hydroxyl groups excluding tert-OH is 1. The Hall–Kier alpha value is -1.65. The summed E-state index contributed by atoms with van der Waals surface area (Å²) in [4.78, 5) is 16.3. The van der Waals surface area contributed by atoms with Crippen LogP contribution in [0.1, 0.15) is 29.8 Å². The lowest BCUT2D eigenvalue weighted by molar-refractivity contribution is 0.0912. The first-order valence-corrected chi connectivity index (χ1v) is 7.54. The number of hydrogen-bond acceptors (Lipinski definition) is 3. The van der Waals surface area contributed by atoms with E-state index in [1.165, 1.54) is 0 Å². The Kier molecular flexibility index (Phi) is 4.08. The van der Waals surface area contributed by atoms with E-state index < -0.39 is 0 Å². The van der Waals surface area contributed by atoms with Crippen LogP contribution in [-0.2, 0) is 0 Å². The minimum absolute atomic E-state index is 0.143. The van der Waals surface area contributed by atoms with Crippen molar-refractivity contribution in [3.05, 3.63) is 41.2 Å². The molecule has 1 aliphatic rings. The number of carbonyl (C=O) groups excluding carboxylic acids is 1. The summed E-state index contributed by atoms with van der Waals surface area (Å²) >= 11 is 6.13. The van der Waals surface area contributed by atoms with Crippen LogP contribution in [0, 0.1) is 5.92 Å². The lowest BCUT2D eigenvalue weighted by Crippen LogP contribution is -2.32. The van der Waals surface area contributed by atoms with E-state index in [4.69, 9.17) is 11.6 Å². The van der Waals surface area contributed by atoms with Crippen molar-refractivity contribution < 1.29 is 9.90 Å². The Morgan fingerprint density at radius 1 is 1.38 bits per heavy atom. The number of pyridine rings is 1. The standard InChI is InChI=1S/C16H17ClN2O2/c17-15-12-6-2-1-4-10(12)8-13(19-15)16(21)18-9-11-5-3-7-14(11)20/h1-2,4,6,8,11,14,20H,3,5,7,9H2,(H,18,21). The molecule has 21 heavy (non-hydrogen) atoms. The van der Waals surface area contributed by atoms with Crippen LogP contribution < -0.4 is 5.32 Å². The molecular formula is C16H17ClN2O2. The molecule has 2 aromatic rings. The van der Waals surface area contributed by atoms with Crippen LogP contribution in [0.25, 0.3) is 10.8 Å². The molecule has 2 N–H and O–H groups in total. The third-order valence-corrected chi connectivity index (χ3v) is 4.36. The second-order valence-electron chi connectivity index (χ2n) is 5.49. The third-order valence-electron chi connectivity index (χ3n) is 4.07. The SMILES string of the molecule is O=C(NCC1CCCC1O)c1cc2ccccc2c(Cl)n1. The summed E-state index contributed by atoms with van der Waals surface area (Å²) in [5.41, 5.74) is 0.311. The Morgan fingerprint density at radius 3 is 2.95 bits per heavy atom. The highest BCUT2D eigenvalue weighted by molar-refractivity contribution is 6.34. The highest BCUT2D eigenvalue weighted by atomic mass is 35.5. The first-order chi connectivity index (χ1) is 10.1. The maximum Gasteiger partial charge on any atom is 0.269 e. The third kappa shape index (κ3) is 3.01. The van der Waals surface area contributed by atoms with E-state index in [1.807, 2.05) is 24.3 Å². The van der Waals surface area contributed by atoms with Gasteiger partial charge in [-0.15, -0.1) is 0 Å². The van der Waals surface area contributed by atoms with Gasteiger partial charge in [-0.1, -0.05) is 42.3 Å². The molecule has 1 amide bonds. The first-order valence-electron chi connectivity index (χ1n) is 7.16. The van der Waals surface area contributed by atoms with Gasteiger partial charge in [-0.25, -0.2) is 4.98 Å². The van der Waals surface area contributed by atoms with E-state index in [9.17, 15) is 9.90 Å². The van der Waals surface area contributed by atoms with Crippen LogP contribution >= 0.6 is 11.6 Å². The normalized spacial score (nSPS) is 21.6. The van der Waals surface area contributed by atoms with Gasteiger partial charge in [-0.05, 0) is 24.3 Å². The minimum Gasteiger partial charge on any atom is -0.393 e. The zero-order valence-electron chi connectivity index (χ0n) is 11.6. The molecule has 4 nitrogen and oxygen atoms in total. The number of carbonyl (C=O) groups is 1. The number of halogens is 1. The highest BCUT2D eigenvalue weighted by Gasteiger charge is 2.25. The molecule has 1 aromatic carbocycles. The number of nitrogens with one attached hydrogen (secondary N) is 1. The van der Waals surface area contributed by atoms with Crippen molar-refractivity contribution in [1.29, 1.82) is 0 Å². The predicted octanol–water partition coefficient (Wildman–Crippen LogP) is 2.78. The van der Waals surface area contributed by atoms with Gasteiger partial charge in [0.1, 0.15) is 10.8 Å². The van der Waals surface area contributed by atoms with Gasteiger partial charge in [0.05, 0.1) is 6.10 Å². The Balaban J connectivity index is 1.75. The zero-order chi connectivity index (χ0) is 14.8. The molecule has 2 atom stereocenters. The van der Waals surface area contributed by atoms with Crippen molar-refractivity contribution in [3.63, 3.8) is 0 Å². The molecule has 1 aliphatic carbocycles. The molecule has 0 radical (unpaired) electrons. The summed E-state index contributed by atoms with van der Waals surface area (Å²) in [6, 6.07) is 9.30. The molecule has 110 valence electrons. The number of hydrogen-bond donors (Lipinski definition) is 2. The van der Waals surface area contributed by atoms with E-state index in [0.717, 1.165) is 30.0 Å². The van der Waals surface area contributed by atoms with Crippen molar-refractivity contribution in [3.8, 4) is 0 Å². The number of nitrogens with zero attached hydrogens (tertiary/aromatic N) is 1. The largest absolute Gasteiger partial charge is 0.393 e. The molecule has 1 saturated carbocycles. The van der Waals surface area contributed by atoms with Crippen LogP contribution in [0.4, 0.5) is 0 Å². The molecule has 1 aromatic heterocycles. The summed E-state index contributed by atoms with van der Waals surface area (Å²) < 4.78 is 0. The van der Waals surface area contributed by atoms with E-state index in [0.29, 0.717) is 17.4 Å². The van der Waals surface area contributed by atoms with Crippen molar-refractivity contribution in [2.75, 3.05) is 6.54 Å². The number of aromatic nitrogens is 1. The molecule has 1 heterocycles. The van der Waals surface area contributed by atoms with Gasteiger partial charge in [-0.2, -0.15) is 0 Å². The number of rotatable bonds is 3. The van der Waals surface area contributed by atoms with Crippen molar-refractivity contribution in [2.24, 2.45) is 5.92 Å². The second-order valence-corrected chi connectivity index (χ2v) is 5.85. The lowest BCUT2D eigenvalue weighted by atomic mass is 10.1. The Morgan fingerprint density at radius 2 is 2.19 bits per heavy atom. The fourth-order valence-corrected chi connectivity index (χ4v) is 3.11. The molecule has 0 aliphatic heterocycles. The molecule has 0 saturated heterocycles. The summed E-state index contributed by atoms with van der Waals surface area (Å²) in [7, 11) is 0. The van der Waals surface area contributed by atoms with Gasteiger partial charge in [-0.3, -0.25) is 4.79 Å². The topological polar surface area (TPSA) is 62.2 Å². The van der Waals surface area contributed by atoms with E-state index in [2.05, 4.69) is 10.3 Å². The number of amides is 1. The van der Waals surface area contributed by atoms with Gasteiger partial charge in [0.25, 0.3) is 5.91 Å². The fraction of sp³-hybridized carbons (Fsp3) is 0.375. The number of aliphatic hydroxyl groups is 1. The molecule has 2 unspecified atom stereocenters. The summed E-state index contributed by atoms with van der Waals surface area (Å²) in [5.74, 6) is -0.105. The summed E-state index contributed by atoms with van der Waals surface area (Å²) in [5, 5.41) is 14.7. The molecule has 3 rings (SSSR count). The minimum atomic E-state index is -0.307. The van der Waals surface area contributed by atoms with Gasteiger partial charge < -0.3 is 10.4 Å². The predicted molar refractivity (Wildman–Crippen MR) is 82.4 cm³/mol. The van der Waals surface area contributed by atoms with Crippen LogP contribution in [0.15, 0.2) is 30.3 Å². The van der Waals surface area contributed by atoms with Gasteiger partial charge in [0.15, 0.2) is 0 Å². The maximum absolute atomic E-state index is 12.2. The molecule has 0 spiro atoms. The smallest absolute Gasteiger partial charge is 0.269 e. The lowest BCUT2D eigenvalue weighted by Gasteiger charge is -2.15. The monoisotopic (exact) mass is 304 g/mol. The molecule has 0 bridgehead atoms. The molecular weight excluding hydrogens is 288 g/mol. The maximum atomic E-state index is 12.2. The fourth-order valence-electron chi connectivity index (χ4n) is 2.84. The zero-order valence-corrected chi connectivity index (χ0v) is 12.3. The Bertz CT molecular complexity index is 674. The summed E-state index contributed by atoms with van der Waals surface area (Å²) in [6.45, 7) is 0.478. The average Bonchev–Trinajstić information content (AvgIpc) is 2.90. The van der Waals surface area contributed by atoms with Gasteiger partial charge in [0.2, 0.25) is 0 Å². The number of fused-ring (bicyclic) bond motifs is 1. The van der Waals surface area contributed by atoms with Gasteiger partial charge >= 0.3 is 0 Å². The van der Waals surface area contributed by atoms with Crippen LogP contribution in [0.2, 0.25) is 5.15 Å². The van der Waals surface area contributed by atoms with E-state index >= 15 is 0 Å². The quantitative estimate of drug-likeness (QED) is 0.857. The van der Waals surface area contributed by atoms with Gasteiger partial charge in [0, 0.05) is 17.8 Å². The van der Waals surface area contributed by atoms with Crippen molar-refractivity contribution >= 4 is 28.3 Å². The summed E-state index contributed by atoms with van der Waals surface area (Å²) in [6.07, 6.45) is 2.48. The average molecular weight is 305 g/mol. The Labute approximate surface area is 128 Å². The molecule has 1 fully saturated rings. The first kappa shape index (κ1) is 14.3. The van der Waals surface area contributed by atoms with Crippen LogP contribution in [0.5, 0.6) is 0 Å². The number of benzene rings is 1. The van der Waals surface area contributed by atoms with E-state index in [-0.39, 0.29) is 17.9 Å². The van der Waals surface area contributed by atoms with Crippen LogP contribution in [0.3, 0.4) is 0 Å². The van der Waals surface area contributed by atoms with Crippen molar-refractivity contribution in [1.82, 2.24) is 10.3 Å². The van der Waals surface area contributed by atoms with Crippen LogP contribution in [-0.4, -0.2) is 28.6 Å². The molecule has 5 heteroatoms.